The van der Waals surface area contributed by atoms with Crippen molar-refractivity contribution >= 4 is 39.1 Å². The first-order chi connectivity index (χ1) is 14.0. The molecule has 6 nitrogen and oxygen atoms in total. The molecular formula is C22H24BrN3O3. The van der Waals surface area contributed by atoms with E-state index in [1.807, 2.05) is 36.4 Å². The number of anilines is 2. The number of carbonyl (C=O) groups excluding carboxylic acids is 2. The highest BCUT2D eigenvalue weighted by atomic mass is 79.9. The molecule has 2 heterocycles. The van der Waals surface area contributed by atoms with Crippen molar-refractivity contribution in [2.75, 3.05) is 30.5 Å². The number of rotatable bonds is 4. The summed E-state index contributed by atoms with van der Waals surface area (Å²) in [5, 5.41) is 2.95. The van der Waals surface area contributed by atoms with Crippen LogP contribution in [0.3, 0.4) is 0 Å². The summed E-state index contributed by atoms with van der Waals surface area (Å²) in [5.41, 5.74) is 3.24. The lowest BCUT2D eigenvalue weighted by Gasteiger charge is -2.44. The van der Waals surface area contributed by atoms with Gasteiger partial charge in [-0.2, -0.15) is 0 Å². The van der Waals surface area contributed by atoms with Crippen LogP contribution in [0.2, 0.25) is 0 Å². The minimum Gasteiger partial charge on any atom is -0.496 e. The zero-order valence-electron chi connectivity index (χ0n) is 16.6. The zero-order valence-corrected chi connectivity index (χ0v) is 18.2. The zero-order chi connectivity index (χ0) is 20.5. The molecular weight excluding hydrogens is 434 g/mol. The maximum Gasteiger partial charge on any atom is 0.251 e. The molecule has 29 heavy (non-hydrogen) atoms. The van der Waals surface area contributed by atoms with Crippen LogP contribution >= 0.6 is 15.9 Å². The van der Waals surface area contributed by atoms with Crippen molar-refractivity contribution in [2.24, 2.45) is 0 Å². The number of piperidine rings is 1. The third-order valence-corrected chi connectivity index (χ3v) is 6.20. The van der Waals surface area contributed by atoms with Gasteiger partial charge in [0.2, 0.25) is 5.91 Å². The van der Waals surface area contributed by atoms with Gasteiger partial charge in [0.1, 0.15) is 11.8 Å². The predicted molar refractivity (Wildman–Crippen MR) is 117 cm³/mol. The molecule has 152 valence electrons. The SMILES string of the molecule is COc1ccc(Br)cc1CNC(=O)c1ccc2c(c1)N(C)C(=O)[C@@H]1CCCCN21. The summed E-state index contributed by atoms with van der Waals surface area (Å²) >= 11 is 3.45. The number of fused-ring (bicyclic) bond motifs is 3. The van der Waals surface area contributed by atoms with Crippen LogP contribution in [0.25, 0.3) is 0 Å². The topological polar surface area (TPSA) is 61.9 Å². The summed E-state index contributed by atoms with van der Waals surface area (Å²) < 4.78 is 6.29. The lowest BCUT2D eigenvalue weighted by molar-refractivity contribution is -0.120. The molecule has 1 fully saturated rings. The van der Waals surface area contributed by atoms with Gasteiger partial charge in [-0.05, 0) is 55.7 Å². The highest BCUT2D eigenvalue weighted by Gasteiger charge is 2.37. The molecule has 2 aromatic rings. The van der Waals surface area contributed by atoms with Gasteiger partial charge in [0.25, 0.3) is 5.91 Å². The van der Waals surface area contributed by atoms with Gasteiger partial charge in [-0.3, -0.25) is 9.59 Å². The fraction of sp³-hybridized carbons (Fsp3) is 0.364. The quantitative estimate of drug-likeness (QED) is 0.759. The first-order valence-electron chi connectivity index (χ1n) is 9.78. The molecule has 2 amide bonds. The van der Waals surface area contributed by atoms with Gasteiger partial charge in [-0.15, -0.1) is 0 Å². The van der Waals surface area contributed by atoms with Crippen molar-refractivity contribution in [3.63, 3.8) is 0 Å². The van der Waals surface area contributed by atoms with E-state index in [1.54, 1.807) is 19.1 Å². The largest absolute Gasteiger partial charge is 0.496 e. The van der Waals surface area contributed by atoms with Crippen LogP contribution in [0, 0.1) is 0 Å². The maximum absolute atomic E-state index is 12.8. The fourth-order valence-corrected chi connectivity index (χ4v) is 4.57. The van der Waals surface area contributed by atoms with Gasteiger partial charge >= 0.3 is 0 Å². The smallest absolute Gasteiger partial charge is 0.251 e. The molecule has 0 bridgehead atoms. The van der Waals surface area contributed by atoms with E-state index < -0.39 is 0 Å². The van der Waals surface area contributed by atoms with E-state index in [9.17, 15) is 9.59 Å². The van der Waals surface area contributed by atoms with Gasteiger partial charge in [-0.25, -0.2) is 0 Å². The van der Waals surface area contributed by atoms with E-state index in [-0.39, 0.29) is 17.9 Å². The monoisotopic (exact) mass is 457 g/mol. The molecule has 0 unspecified atom stereocenters. The van der Waals surface area contributed by atoms with Crippen molar-refractivity contribution in [1.82, 2.24) is 5.32 Å². The van der Waals surface area contributed by atoms with Crippen molar-refractivity contribution in [1.29, 1.82) is 0 Å². The Hall–Kier alpha value is -2.54. The second-order valence-corrected chi connectivity index (χ2v) is 8.36. The van der Waals surface area contributed by atoms with Crippen LogP contribution in [0.15, 0.2) is 40.9 Å². The number of nitrogens with zero attached hydrogens (tertiary/aromatic N) is 2. The van der Waals surface area contributed by atoms with Crippen LogP contribution in [-0.2, 0) is 11.3 Å². The maximum atomic E-state index is 12.8. The highest BCUT2D eigenvalue weighted by Crippen LogP contribution is 2.39. The van der Waals surface area contributed by atoms with Crippen molar-refractivity contribution in [3.8, 4) is 5.75 Å². The normalized spacial score (nSPS) is 18.2. The number of methoxy groups -OCH3 is 1. The molecule has 2 aromatic carbocycles. The van der Waals surface area contributed by atoms with Crippen molar-refractivity contribution in [3.05, 3.63) is 52.0 Å². The number of likely N-dealkylation sites (N-methyl/N-ethyl adjacent to an activating group) is 1. The third kappa shape index (κ3) is 3.71. The van der Waals surface area contributed by atoms with E-state index in [0.717, 1.165) is 53.0 Å². The van der Waals surface area contributed by atoms with E-state index >= 15 is 0 Å². The molecule has 2 aliphatic rings. The Labute approximate surface area is 178 Å². The highest BCUT2D eigenvalue weighted by molar-refractivity contribution is 9.10. The Bertz CT molecular complexity index is 962. The lowest BCUT2D eigenvalue weighted by Crippen LogP contribution is -2.54. The predicted octanol–water partition coefficient (Wildman–Crippen LogP) is 3.72. The van der Waals surface area contributed by atoms with E-state index in [4.69, 9.17) is 4.74 Å². The second kappa shape index (κ2) is 8.06. The van der Waals surface area contributed by atoms with Crippen LogP contribution in [0.5, 0.6) is 5.75 Å². The standard InChI is InChI=1S/C22H24BrN3O3/c1-25-19-12-14(6-8-17(19)26-10-4-3-5-18(26)22(25)28)21(27)24-13-15-11-16(23)7-9-20(15)29-2/h6-9,11-12,18H,3-5,10,13H2,1-2H3,(H,24,27)/t18-/m0/s1. The van der Waals surface area contributed by atoms with Crippen LogP contribution in [0.1, 0.15) is 35.2 Å². The average molecular weight is 458 g/mol. The van der Waals surface area contributed by atoms with Crippen LogP contribution in [-0.4, -0.2) is 38.6 Å². The summed E-state index contributed by atoms with van der Waals surface area (Å²) in [6, 6.07) is 11.2. The summed E-state index contributed by atoms with van der Waals surface area (Å²) in [4.78, 5) is 29.4. The van der Waals surface area contributed by atoms with Crippen LogP contribution in [0.4, 0.5) is 11.4 Å². The fourth-order valence-electron chi connectivity index (χ4n) is 4.16. The molecule has 0 aromatic heterocycles. The van der Waals surface area contributed by atoms with Gasteiger partial charge < -0.3 is 19.9 Å². The number of amides is 2. The molecule has 1 saturated heterocycles. The number of benzene rings is 2. The van der Waals surface area contributed by atoms with Gasteiger partial charge in [-0.1, -0.05) is 15.9 Å². The molecule has 4 rings (SSSR count). The molecule has 0 radical (unpaired) electrons. The van der Waals surface area contributed by atoms with E-state index in [2.05, 4.69) is 26.1 Å². The molecule has 7 heteroatoms. The number of nitrogens with one attached hydrogen (secondary N) is 1. The first kappa shape index (κ1) is 19.8. The number of hydrogen-bond donors (Lipinski definition) is 1. The molecule has 0 aliphatic carbocycles. The Balaban J connectivity index is 1.55. The number of hydrogen-bond acceptors (Lipinski definition) is 4. The first-order valence-corrected chi connectivity index (χ1v) is 10.6. The third-order valence-electron chi connectivity index (χ3n) is 5.71. The average Bonchev–Trinajstić information content (AvgIpc) is 2.75. The van der Waals surface area contributed by atoms with Crippen molar-refractivity contribution in [2.45, 2.75) is 31.8 Å². The summed E-state index contributed by atoms with van der Waals surface area (Å²) in [6.45, 7) is 1.23. The lowest BCUT2D eigenvalue weighted by atomic mass is 9.96. The Morgan fingerprint density at radius 1 is 1.21 bits per heavy atom. The molecule has 1 atom stereocenters. The second-order valence-electron chi connectivity index (χ2n) is 7.44. The van der Waals surface area contributed by atoms with Gasteiger partial charge in [0.05, 0.1) is 18.5 Å². The number of halogens is 1. The van der Waals surface area contributed by atoms with E-state index in [0.29, 0.717) is 12.1 Å². The molecule has 0 spiro atoms. The summed E-state index contributed by atoms with van der Waals surface area (Å²) in [5.74, 6) is 0.644. The Morgan fingerprint density at radius 3 is 2.83 bits per heavy atom. The molecule has 0 saturated carbocycles. The van der Waals surface area contributed by atoms with Crippen LogP contribution < -0.4 is 19.9 Å². The minimum absolute atomic E-state index is 0.0788. The molecule has 1 N–H and O–H groups in total. The number of carbonyl (C=O) groups is 2. The van der Waals surface area contributed by atoms with E-state index in [1.165, 1.54) is 0 Å². The van der Waals surface area contributed by atoms with Crippen molar-refractivity contribution < 1.29 is 14.3 Å². The Kier molecular flexibility index (Phi) is 5.50. The number of ether oxygens (including phenoxy) is 1. The summed E-state index contributed by atoms with van der Waals surface area (Å²) in [6.07, 6.45) is 3.05. The van der Waals surface area contributed by atoms with Gasteiger partial charge in [0.15, 0.2) is 0 Å². The summed E-state index contributed by atoms with van der Waals surface area (Å²) in [7, 11) is 3.40. The minimum atomic E-state index is -0.184. The molecule has 2 aliphatic heterocycles. The Morgan fingerprint density at radius 2 is 2.03 bits per heavy atom. The van der Waals surface area contributed by atoms with Gasteiger partial charge in [0, 0.05) is 35.7 Å².